The molecule has 10 heteroatoms. The van der Waals surface area contributed by atoms with E-state index in [4.69, 9.17) is 14.2 Å². The van der Waals surface area contributed by atoms with Gasteiger partial charge in [-0.15, -0.1) is 0 Å². The average Bonchev–Trinajstić information content (AvgIpc) is 3.56. The molecule has 0 unspecified atom stereocenters. The Labute approximate surface area is 185 Å². The van der Waals surface area contributed by atoms with Crippen LogP contribution in [0.4, 0.5) is 11.9 Å². The largest absolute Gasteiger partial charge is 0.378 e. The topological polar surface area (TPSA) is 110 Å². The molecule has 10 nitrogen and oxygen atoms in total. The van der Waals surface area contributed by atoms with Crippen molar-refractivity contribution in [2.75, 3.05) is 49.2 Å². The molecule has 1 amide bonds. The molecule has 32 heavy (non-hydrogen) atoms. The smallest absolute Gasteiger partial charge is 0.273 e. The first-order chi connectivity index (χ1) is 15.8. The van der Waals surface area contributed by atoms with Crippen molar-refractivity contribution in [3.63, 3.8) is 0 Å². The summed E-state index contributed by atoms with van der Waals surface area (Å²) < 4.78 is 10.8. The van der Waals surface area contributed by atoms with Gasteiger partial charge in [-0.2, -0.15) is 15.0 Å². The zero-order chi connectivity index (χ0) is 21.8. The second-order valence-corrected chi connectivity index (χ2v) is 7.77. The third-order valence-corrected chi connectivity index (χ3v) is 5.55. The molecule has 0 radical (unpaired) electrons. The summed E-state index contributed by atoms with van der Waals surface area (Å²) in [4.78, 5) is 30.8. The minimum absolute atomic E-state index is 0.174. The Bertz CT molecular complexity index is 1060. The second kappa shape index (κ2) is 9.31. The molecule has 0 bridgehead atoms. The Hall–Kier alpha value is -3.53. The fraction of sp³-hybridized carbons (Fsp3) is 0.409. The van der Waals surface area contributed by atoms with E-state index in [9.17, 15) is 4.79 Å². The molecule has 0 spiro atoms. The first-order valence-electron chi connectivity index (χ1n) is 10.9. The molecule has 2 fully saturated rings. The highest BCUT2D eigenvalue weighted by atomic mass is 16.5. The fourth-order valence-corrected chi connectivity index (χ4v) is 3.81. The van der Waals surface area contributed by atoms with Crippen LogP contribution in [0.1, 0.15) is 29.2 Å². The summed E-state index contributed by atoms with van der Waals surface area (Å²) in [7, 11) is 0. The highest BCUT2D eigenvalue weighted by Gasteiger charge is 2.22. The number of ether oxygens (including phenoxy) is 1. The number of anilines is 2. The van der Waals surface area contributed by atoms with E-state index in [0.29, 0.717) is 36.7 Å². The lowest BCUT2D eigenvalue weighted by Crippen LogP contribution is -2.38. The van der Waals surface area contributed by atoms with Crippen LogP contribution in [0.25, 0.3) is 11.3 Å². The van der Waals surface area contributed by atoms with Crippen molar-refractivity contribution >= 4 is 17.8 Å². The molecule has 5 rings (SSSR count). The van der Waals surface area contributed by atoms with Crippen molar-refractivity contribution in [1.82, 2.24) is 25.4 Å². The maximum Gasteiger partial charge on any atom is 0.273 e. The van der Waals surface area contributed by atoms with Crippen LogP contribution < -0.4 is 15.1 Å². The second-order valence-electron chi connectivity index (χ2n) is 7.77. The zero-order valence-electron chi connectivity index (χ0n) is 17.7. The van der Waals surface area contributed by atoms with Crippen LogP contribution in [0, 0.1) is 0 Å². The number of rotatable bonds is 6. The molecule has 2 aromatic heterocycles. The molecule has 2 saturated heterocycles. The molecule has 1 aromatic carbocycles. The molecular weight excluding hydrogens is 410 g/mol. The van der Waals surface area contributed by atoms with Gasteiger partial charge in [0.05, 0.1) is 19.8 Å². The first kappa shape index (κ1) is 20.4. The summed E-state index contributed by atoms with van der Waals surface area (Å²) in [6.07, 6.45) is 2.25. The Morgan fingerprint density at radius 1 is 0.938 bits per heavy atom. The van der Waals surface area contributed by atoms with Gasteiger partial charge in [-0.25, -0.2) is 0 Å². The molecule has 0 saturated carbocycles. The van der Waals surface area contributed by atoms with Crippen LogP contribution in [0.5, 0.6) is 0 Å². The zero-order valence-corrected chi connectivity index (χ0v) is 17.7. The lowest BCUT2D eigenvalue weighted by Gasteiger charge is -2.28. The summed E-state index contributed by atoms with van der Waals surface area (Å²) in [6, 6.07) is 11.2. The average molecular weight is 435 g/mol. The number of morpholine rings is 1. The van der Waals surface area contributed by atoms with Crippen LogP contribution in [0.3, 0.4) is 0 Å². The van der Waals surface area contributed by atoms with Crippen LogP contribution in [0.2, 0.25) is 0 Å². The van der Waals surface area contributed by atoms with Gasteiger partial charge in [0.15, 0.2) is 17.3 Å². The maximum atomic E-state index is 12.6. The molecule has 3 aromatic rings. The van der Waals surface area contributed by atoms with E-state index < -0.39 is 0 Å². The molecule has 166 valence electrons. The monoisotopic (exact) mass is 435 g/mol. The standard InChI is InChI=1S/C22H25N7O3/c30-20(17-14-18(32-27-17)16-6-2-1-3-7-16)23-15-19-24-21(28-8-4-5-9-28)26-22(25-19)29-10-12-31-13-11-29/h1-3,6-7,14H,4-5,8-13,15H2,(H,23,30). The Morgan fingerprint density at radius 3 is 2.34 bits per heavy atom. The molecular formula is C22H25N7O3. The molecule has 0 aliphatic carbocycles. The van der Waals surface area contributed by atoms with Crippen molar-refractivity contribution in [2.24, 2.45) is 0 Å². The van der Waals surface area contributed by atoms with E-state index in [2.05, 4.69) is 30.2 Å². The van der Waals surface area contributed by atoms with E-state index >= 15 is 0 Å². The minimum Gasteiger partial charge on any atom is -0.378 e. The normalized spacial score (nSPS) is 16.4. The molecule has 2 aliphatic rings. The number of amides is 1. The van der Waals surface area contributed by atoms with Crippen LogP contribution in [-0.2, 0) is 11.3 Å². The Kier molecular flexibility index (Phi) is 5.93. The number of aromatic nitrogens is 4. The SMILES string of the molecule is O=C(NCc1nc(N2CCCC2)nc(N2CCOCC2)n1)c1cc(-c2ccccc2)on1. The van der Waals surface area contributed by atoms with Crippen molar-refractivity contribution in [2.45, 2.75) is 19.4 Å². The Balaban J connectivity index is 1.31. The van der Waals surface area contributed by atoms with Crippen LogP contribution in [0.15, 0.2) is 40.9 Å². The highest BCUT2D eigenvalue weighted by molar-refractivity contribution is 5.93. The van der Waals surface area contributed by atoms with Gasteiger partial charge in [0.1, 0.15) is 0 Å². The number of nitrogens with zero attached hydrogens (tertiary/aromatic N) is 6. The number of nitrogens with one attached hydrogen (secondary N) is 1. The van der Waals surface area contributed by atoms with E-state index in [0.717, 1.165) is 44.6 Å². The van der Waals surface area contributed by atoms with E-state index in [1.165, 1.54) is 0 Å². The third-order valence-electron chi connectivity index (χ3n) is 5.55. The van der Waals surface area contributed by atoms with Crippen molar-refractivity contribution in [1.29, 1.82) is 0 Å². The predicted octanol–water partition coefficient (Wildman–Crippen LogP) is 1.89. The van der Waals surface area contributed by atoms with Crippen LogP contribution in [-0.4, -0.2) is 65.4 Å². The van der Waals surface area contributed by atoms with Gasteiger partial charge in [0.25, 0.3) is 5.91 Å². The minimum atomic E-state index is -0.341. The summed E-state index contributed by atoms with van der Waals surface area (Å²) >= 11 is 0. The molecule has 0 atom stereocenters. The lowest BCUT2D eigenvalue weighted by molar-refractivity contribution is 0.0941. The summed E-state index contributed by atoms with van der Waals surface area (Å²) in [5.41, 5.74) is 1.08. The number of hydrogen-bond donors (Lipinski definition) is 1. The number of carbonyl (C=O) groups excluding carboxylic acids is 1. The summed E-state index contributed by atoms with van der Waals surface area (Å²) in [5.74, 6) is 2.01. The quantitative estimate of drug-likeness (QED) is 0.621. The van der Waals surface area contributed by atoms with Crippen molar-refractivity contribution in [3.05, 3.63) is 47.9 Å². The summed E-state index contributed by atoms with van der Waals surface area (Å²) in [5, 5.41) is 6.76. The summed E-state index contributed by atoms with van der Waals surface area (Å²) in [6.45, 7) is 4.79. The van der Waals surface area contributed by atoms with Gasteiger partial charge in [-0.1, -0.05) is 35.5 Å². The van der Waals surface area contributed by atoms with Gasteiger partial charge in [-0.3, -0.25) is 4.79 Å². The van der Waals surface area contributed by atoms with Gasteiger partial charge in [0.2, 0.25) is 11.9 Å². The van der Waals surface area contributed by atoms with E-state index in [1.807, 2.05) is 30.3 Å². The number of benzene rings is 1. The molecule has 1 N–H and O–H groups in total. The number of hydrogen-bond acceptors (Lipinski definition) is 9. The predicted molar refractivity (Wildman–Crippen MR) is 117 cm³/mol. The highest BCUT2D eigenvalue weighted by Crippen LogP contribution is 2.21. The van der Waals surface area contributed by atoms with Gasteiger partial charge < -0.3 is 24.4 Å². The third kappa shape index (κ3) is 4.54. The number of carbonyl (C=O) groups is 1. The fourth-order valence-electron chi connectivity index (χ4n) is 3.81. The van der Waals surface area contributed by atoms with Crippen LogP contribution >= 0.6 is 0 Å². The van der Waals surface area contributed by atoms with E-state index in [-0.39, 0.29) is 18.1 Å². The van der Waals surface area contributed by atoms with Gasteiger partial charge in [-0.05, 0) is 12.8 Å². The first-order valence-corrected chi connectivity index (χ1v) is 10.9. The maximum absolute atomic E-state index is 12.6. The molecule has 2 aliphatic heterocycles. The Morgan fingerprint density at radius 2 is 1.62 bits per heavy atom. The molecule has 4 heterocycles. The van der Waals surface area contributed by atoms with Gasteiger partial charge >= 0.3 is 0 Å². The van der Waals surface area contributed by atoms with Crippen molar-refractivity contribution in [3.8, 4) is 11.3 Å². The van der Waals surface area contributed by atoms with E-state index in [1.54, 1.807) is 6.07 Å². The lowest BCUT2D eigenvalue weighted by atomic mass is 10.1. The van der Waals surface area contributed by atoms with Gasteiger partial charge in [0, 0.05) is 37.8 Å². The van der Waals surface area contributed by atoms with Crippen molar-refractivity contribution < 1.29 is 14.1 Å².